The number of hydrogen-bond acceptors (Lipinski definition) is 4. The first-order chi connectivity index (χ1) is 9.10. The first-order valence-corrected chi connectivity index (χ1v) is 7.19. The van der Waals surface area contributed by atoms with Crippen molar-refractivity contribution in [2.24, 2.45) is 12.5 Å². The van der Waals surface area contributed by atoms with Crippen LogP contribution in [-0.4, -0.2) is 31.4 Å². The molecule has 0 aliphatic heterocycles. The van der Waals surface area contributed by atoms with Gasteiger partial charge in [0.1, 0.15) is 10.5 Å². The van der Waals surface area contributed by atoms with E-state index in [4.69, 9.17) is 5.11 Å². The maximum absolute atomic E-state index is 10.8. The Morgan fingerprint density at radius 3 is 3.00 bits per heavy atom. The molecule has 0 saturated heterocycles. The van der Waals surface area contributed by atoms with Gasteiger partial charge in [0.25, 0.3) is 0 Å². The zero-order valence-electron chi connectivity index (χ0n) is 10.7. The number of aliphatic carboxylic acids is 1. The second kappa shape index (κ2) is 4.52. The van der Waals surface area contributed by atoms with E-state index in [1.54, 1.807) is 24.3 Å². The second-order valence-corrected chi connectivity index (χ2v) is 6.16. The van der Waals surface area contributed by atoms with E-state index >= 15 is 0 Å². The lowest BCUT2D eigenvalue weighted by Gasteiger charge is -2.11. The van der Waals surface area contributed by atoms with Crippen molar-refractivity contribution in [3.05, 3.63) is 18.6 Å². The monoisotopic (exact) mass is 277 g/mol. The highest BCUT2D eigenvalue weighted by atomic mass is 32.2. The molecule has 0 unspecified atom stereocenters. The molecule has 0 aromatic carbocycles. The van der Waals surface area contributed by atoms with Crippen LogP contribution in [0.5, 0.6) is 0 Å². The molecule has 1 fully saturated rings. The van der Waals surface area contributed by atoms with Crippen LogP contribution in [-0.2, 0) is 11.8 Å². The van der Waals surface area contributed by atoms with Crippen LogP contribution < -0.4 is 0 Å². The van der Waals surface area contributed by atoms with Crippen LogP contribution >= 0.6 is 11.8 Å². The molecule has 0 spiro atoms. The SMILES string of the molecule is Cn1cnc2c(SCC3(CC(=O)O)CC3)nccc21. The van der Waals surface area contributed by atoms with Gasteiger partial charge in [0.05, 0.1) is 18.3 Å². The topological polar surface area (TPSA) is 68.0 Å². The highest BCUT2D eigenvalue weighted by Gasteiger charge is 2.44. The molecule has 2 heterocycles. The fraction of sp³-hybridized carbons (Fsp3) is 0.462. The molecular formula is C13H15N3O2S. The number of pyridine rings is 1. The fourth-order valence-electron chi connectivity index (χ4n) is 2.23. The average Bonchev–Trinajstić information content (AvgIpc) is 3.02. The smallest absolute Gasteiger partial charge is 0.303 e. The van der Waals surface area contributed by atoms with Gasteiger partial charge in [-0.25, -0.2) is 9.97 Å². The maximum atomic E-state index is 10.8. The van der Waals surface area contributed by atoms with E-state index in [1.807, 2.05) is 17.7 Å². The van der Waals surface area contributed by atoms with Gasteiger partial charge in [-0.1, -0.05) is 0 Å². The second-order valence-electron chi connectivity index (χ2n) is 5.20. The van der Waals surface area contributed by atoms with Crippen LogP contribution in [0.4, 0.5) is 0 Å². The van der Waals surface area contributed by atoms with Gasteiger partial charge in [-0.15, -0.1) is 11.8 Å². The van der Waals surface area contributed by atoms with E-state index in [9.17, 15) is 4.79 Å². The molecular weight excluding hydrogens is 262 g/mol. The van der Waals surface area contributed by atoms with Gasteiger partial charge in [-0.2, -0.15) is 0 Å². The number of imidazole rings is 1. The zero-order chi connectivity index (χ0) is 13.5. The molecule has 1 N–H and O–H groups in total. The van der Waals surface area contributed by atoms with Crippen molar-refractivity contribution in [2.75, 3.05) is 5.75 Å². The van der Waals surface area contributed by atoms with E-state index in [1.165, 1.54) is 0 Å². The molecule has 1 aliphatic carbocycles. The molecule has 100 valence electrons. The summed E-state index contributed by atoms with van der Waals surface area (Å²) in [6, 6.07) is 1.94. The number of carboxylic acid groups (broad SMARTS) is 1. The Balaban J connectivity index is 1.77. The predicted octanol–water partition coefficient (Wildman–Crippen LogP) is 2.32. The number of rotatable bonds is 5. The Morgan fingerprint density at radius 1 is 1.53 bits per heavy atom. The lowest BCUT2D eigenvalue weighted by atomic mass is 10.1. The Morgan fingerprint density at radius 2 is 2.32 bits per heavy atom. The Labute approximate surface area is 115 Å². The van der Waals surface area contributed by atoms with Crippen LogP contribution in [0.25, 0.3) is 11.0 Å². The Bertz CT molecular complexity index is 634. The number of nitrogens with zero attached hydrogens (tertiary/aromatic N) is 3. The minimum Gasteiger partial charge on any atom is -0.481 e. The quantitative estimate of drug-likeness (QED) is 0.849. The van der Waals surface area contributed by atoms with Crippen LogP contribution in [0.1, 0.15) is 19.3 Å². The summed E-state index contributed by atoms with van der Waals surface area (Å²) < 4.78 is 1.96. The predicted molar refractivity (Wildman–Crippen MR) is 73.2 cm³/mol. The summed E-state index contributed by atoms with van der Waals surface area (Å²) in [6.45, 7) is 0. The summed E-state index contributed by atoms with van der Waals surface area (Å²) in [5.41, 5.74) is 1.94. The van der Waals surface area contributed by atoms with Crippen molar-refractivity contribution in [3.8, 4) is 0 Å². The molecule has 5 nitrogen and oxygen atoms in total. The van der Waals surface area contributed by atoms with Crippen molar-refractivity contribution in [2.45, 2.75) is 24.3 Å². The molecule has 0 atom stereocenters. The summed E-state index contributed by atoms with van der Waals surface area (Å²) >= 11 is 1.62. The molecule has 1 saturated carbocycles. The first kappa shape index (κ1) is 12.5. The largest absolute Gasteiger partial charge is 0.481 e. The highest BCUT2D eigenvalue weighted by Crippen LogP contribution is 2.52. The third-order valence-electron chi connectivity index (χ3n) is 3.61. The van der Waals surface area contributed by atoms with Gasteiger partial charge in [-0.05, 0) is 24.3 Å². The van der Waals surface area contributed by atoms with Crippen LogP contribution in [0.15, 0.2) is 23.6 Å². The van der Waals surface area contributed by atoms with Gasteiger partial charge in [0, 0.05) is 19.0 Å². The number of aromatic nitrogens is 3. The van der Waals surface area contributed by atoms with Crippen molar-refractivity contribution in [1.29, 1.82) is 0 Å². The molecule has 0 bridgehead atoms. The molecule has 3 rings (SSSR count). The molecule has 2 aromatic rings. The van der Waals surface area contributed by atoms with Gasteiger partial charge < -0.3 is 9.67 Å². The standard InChI is InChI=1S/C13H15N3O2S/c1-16-8-15-11-9(16)2-5-14-12(11)19-7-13(3-4-13)6-10(17)18/h2,5,8H,3-4,6-7H2,1H3,(H,17,18). The third-order valence-corrected chi connectivity index (χ3v) is 4.94. The van der Waals surface area contributed by atoms with Crippen LogP contribution in [0.2, 0.25) is 0 Å². The third kappa shape index (κ3) is 2.45. The number of aryl methyl sites for hydroxylation is 1. The number of carbonyl (C=O) groups is 1. The van der Waals surface area contributed by atoms with Crippen LogP contribution in [0.3, 0.4) is 0 Å². The average molecular weight is 277 g/mol. The minimum absolute atomic E-state index is 0.0187. The molecule has 19 heavy (non-hydrogen) atoms. The van der Waals surface area contributed by atoms with Gasteiger partial charge in [-0.3, -0.25) is 4.79 Å². The summed E-state index contributed by atoms with van der Waals surface area (Å²) in [5, 5.41) is 9.82. The minimum atomic E-state index is -0.706. The van der Waals surface area contributed by atoms with Crippen molar-refractivity contribution in [3.63, 3.8) is 0 Å². The van der Waals surface area contributed by atoms with Crippen LogP contribution in [0, 0.1) is 5.41 Å². The van der Waals surface area contributed by atoms with E-state index in [2.05, 4.69) is 9.97 Å². The number of hydrogen-bond donors (Lipinski definition) is 1. The van der Waals surface area contributed by atoms with E-state index in [0.29, 0.717) is 0 Å². The molecule has 6 heteroatoms. The van der Waals surface area contributed by atoms with Gasteiger partial charge in [0.2, 0.25) is 0 Å². The zero-order valence-corrected chi connectivity index (χ0v) is 11.5. The summed E-state index contributed by atoms with van der Waals surface area (Å²) in [6.07, 6.45) is 5.83. The summed E-state index contributed by atoms with van der Waals surface area (Å²) in [5.74, 6) is 0.101. The summed E-state index contributed by atoms with van der Waals surface area (Å²) in [7, 11) is 1.95. The van der Waals surface area contributed by atoms with Gasteiger partial charge in [0.15, 0.2) is 0 Å². The molecule has 1 aliphatic rings. The fourth-order valence-corrected chi connectivity index (χ4v) is 3.50. The van der Waals surface area contributed by atoms with E-state index < -0.39 is 5.97 Å². The summed E-state index contributed by atoms with van der Waals surface area (Å²) in [4.78, 5) is 19.6. The maximum Gasteiger partial charge on any atom is 0.303 e. The number of fused-ring (bicyclic) bond motifs is 1. The van der Waals surface area contributed by atoms with Gasteiger partial charge >= 0.3 is 5.97 Å². The van der Waals surface area contributed by atoms with Crippen molar-refractivity contribution in [1.82, 2.24) is 14.5 Å². The first-order valence-electron chi connectivity index (χ1n) is 6.20. The molecule has 0 amide bonds. The Kier molecular flexibility index (Phi) is 2.97. The Hall–Kier alpha value is -1.56. The molecule has 2 aromatic heterocycles. The van der Waals surface area contributed by atoms with E-state index in [-0.39, 0.29) is 11.8 Å². The normalized spacial score (nSPS) is 16.7. The highest BCUT2D eigenvalue weighted by molar-refractivity contribution is 7.99. The van der Waals surface area contributed by atoms with Crippen molar-refractivity contribution < 1.29 is 9.90 Å². The number of carboxylic acids is 1. The lowest BCUT2D eigenvalue weighted by molar-refractivity contribution is -0.138. The van der Waals surface area contributed by atoms with E-state index in [0.717, 1.165) is 34.7 Å². The number of thioether (sulfide) groups is 1. The lowest BCUT2D eigenvalue weighted by Crippen LogP contribution is -2.11. The molecule has 0 radical (unpaired) electrons. The van der Waals surface area contributed by atoms with Crippen molar-refractivity contribution >= 4 is 28.8 Å².